The van der Waals surface area contributed by atoms with E-state index in [4.69, 9.17) is 5.73 Å². The van der Waals surface area contributed by atoms with E-state index >= 15 is 0 Å². The van der Waals surface area contributed by atoms with E-state index in [9.17, 15) is 0 Å². The molecule has 4 heteroatoms. The van der Waals surface area contributed by atoms with Crippen molar-refractivity contribution in [2.75, 3.05) is 5.73 Å². The molecule has 1 aromatic carbocycles. The van der Waals surface area contributed by atoms with E-state index in [0.29, 0.717) is 5.92 Å². The SMILES string of the molecule is CC(C)Cc1nc(-c2cccc(N)c2)n(C)n1. The zero-order valence-corrected chi connectivity index (χ0v) is 10.5. The predicted molar refractivity (Wildman–Crippen MR) is 69.4 cm³/mol. The Labute approximate surface area is 101 Å². The van der Waals surface area contributed by atoms with Crippen LogP contribution in [0.15, 0.2) is 24.3 Å². The molecule has 17 heavy (non-hydrogen) atoms. The number of rotatable bonds is 3. The number of hydrogen-bond acceptors (Lipinski definition) is 3. The van der Waals surface area contributed by atoms with Gasteiger partial charge in [0.05, 0.1) is 0 Å². The molecular weight excluding hydrogens is 212 g/mol. The molecule has 90 valence electrons. The van der Waals surface area contributed by atoms with Crippen molar-refractivity contribution < 1.29 is 0 Å². The minimum atomic E-state index is 0.561. The Hall–Kier alpha value is -1.84. The number of nitrogen functional groups attached to an aromatic ring is 1. The fourth-order valence-corrected chi connectivity index (χ4v) is 1.82. The Bertz CT molecular complexity index is 514. The van der Waals surface area contributed by atoms with Gasteiger partial charge in [0.15, 0.2) is 11.6 Å². The summed E-state index contributed by atoms with van der Waals surface area (Å²) in [6, 6.07) is 7.72. The first-order valence-corrected chi connectivity index (χ1v) is 5.82. The van der Waals surface area contributed by atoms with Gasteiger partial charge in [-0.3, -0.25) is 0 Å². The molecule has 0 spiro atoms. The molecule has 1 heterocycles. The standard InChI is InChI=1S/C13H18N4/c1-9(2)7-12-15-13(17(3)16-12)10-5-4-6-11(14)8-10/h4-6,8-9H,7,14H2,1-3H3. The van der Waals surface area contributed by atoms with E-state index in [1.165, 1.54) is 0 Å². The minimum Gasteiger partial charge on any atom is -0.399 e. The van der Waals surface area contributed by atoms with Gasteiger partial charge >= 0.3 is 0 Å². The summed E-state index contributed by atoms with van der Waals surface area (Å²) in [5.74, 6) is 2.32. The third kappa shape index (κ3) is 2.64. The molecule has 0 aliphatic rings. The van der Waals surface area contributed by atoms with Crippen LogP contribution in [-0.4, -0.2) is 14.8 Å². The maximum atomic E-state index is 5.78. The molecule has 0 saturated carbocycles. The molecular formula is C13H18N4. The zero-order chi connectivity index (χ0) is 12.4. The van der Waals surface area contributed by atoms with Crippen LogP contribution >= 0.6 is 0 Å². The molecule has 1 aromatic heterocycles. The van der Waals surface area contributed by atoms with Crippen molar-refractivity contribution in [2.24, 2.45) is 13.0 Å². The van der Waals surface area contributed by atoms with Crippen LogP contribution < -0.4 is 5.73 Å². The van der Waals surface area contributed by atoms with E-state index in [0.717, 1.165) is 29.3 Å². The van der Waals surface area contributed by atoms with Gasteiger partial charge in [0.1, 0.15) is 0 Å². The quantitative estimate of drug-likeness (QED) is 0.823. The average Bonchev–Trinajstić information content (AvgIpc) is 2.58. The first kappa shape index (κ1) is 11.6. The van der Waals surface area contributed by atoms with Gasteiger partial charge in [-0.1, -0.05) is 26.0 Å². The highest BCUT2D eigenvalue weighted by Gasteiger charge is 2.10. The average molecular weight is 230 g/mol. The summed E-state index contributed by atoms with van der Waals surface area (Å²) in [5, 5.41) is 4.42. The highest BCUT2D eigenvalue weighted by Crippen LogP contribution is 2.19. The summed E-state index contributed by atoms with van der Waals surface area (Å²) < 4.78 is 1.81. The monoisotopic (exact) mass is 230 g/mol. The molecule has 2 rings (SSSR count). The molecule has 0 unspecified atom stereocenters. The Morgan fingerprint density at radius 1 is 1.35 bits per heavy atom. The van der Waals surface area contributed by atoms with Crippen LogP contribution in [0.25, 0.3) is 11.4 Å². The lowest BCUT2D eigenvalue weighted by molar-refractivity contribution is 0.613. The van der Waals surface area contributed by atoms with Crippen LogP contribution in [0.5, 0.6) is 0 Å². The maximum Gasteiger partial charge on any atom is 0.158 e. The van der Waals surface area contributed by atoms with E-state index in [-0.39, 0.29) is 0 Å². The second-order valence-corrected chi connectivity index (χ2v) is 4.70. The zero-order valence-electron chi connectivity index (χ0n) is 10.5. The van der Waals surface area contributed by atoms with Gasteiger partial charge < -0.3 is 5.73 Å². The summed E-state index contributed by atoms with van der Waals surface area (Å²) in [5.41, 5.74) is 7.53. The molecule has 4 nitrogen and oxygen atoms in total. The molecule has 2 aromatic rings. The Morgan fingerprint density at radius 2 is 2.12 bits per heavy atom. The fraction of sp³-hybridized carbons (Fsp3) is 0.385. The van der Waals surface area contributed by atoms with E-state index in [2.05, 4.69) is 23.9 Å². The molecule has 0 atom stereocenters. The number of nitrogens with two attached hydrogens (primary N) is 1. The summed E-state index contributed by atoms with van der Waals surface area (Å²) >= 11 is 0. The second-order valence-electron chi connectivity index (χ2n) is 4.70. The third-order valence-corrected chi connectivity index (χ3v) is 2.54. The lowest BCUT2D eigenvalue weighted by Gasteiger charge is -2.00. The topological polar surface area (TPSA) is 56.7 Å². The van der Waals surface area contributed by atoms with Crippen LogP contribution in [0.4, 0.5) is 5.69 Å². The fourth-order valence-electron chi connectivity index (χ4n) is 1.82. The number of anilines is 1. The number of aryl methyl sites for hydroxylation is 1. The number of hydrogen-bond donors (Lipinski definition) is 1. The van der Waals surface area contributed by atoms with Crippen molar-refractivity contribution >= 4 is 5.69 Å². The lowest BCUT2D eigenvalue weighted by atomic mass is 10.1. The largest absolute Gasteiger partial charge is 0.399 e. The summed E-state index contributed by atoms with van der Waals surface area (Å²) in [6.07, 6.45) is 0.899. The van der Waals surface area contributed by atoms with E-state index < -0.39 is 0 Å². The second kappa shape index (κ2) is 4.57. The molecule has 0 bridgehead atoms. The first-order chi connectivity index (χ1) is 8.06. The summed E-state index contributed by atoms with van der Waals surface area (Å²) in [4.78, 5) is 4.56. The van der Waals surface area contributed by atoms with Crippen LogP contribution in [0.3, 0.4) is 0 Å². The summed E-state index contributed by atoms with van der Waals surface area (Å²) in [7, 11) is 1.91. The van der Waals surface area contributed by atoms with Crippen molar-refractivity contribution in [3.63, 3.8) is 0 Å². The van der Waals surface area contributed by atoms with Crippen LogP contribution in [0, 0.1) is 5.92 Å². The van der Waals surface area contributed by atoms with Crippen LogP contribution in [0.2, 0.25) is 0 Å². The molecule has 2 N–H and O–H groups in total. The normalized spacial score (nSPS) is 11.1. The van der Waals surface area contributed by atoms with Crippen LogP contribution in [0.1, 0.15) is 19.7 Å². The molecule has 0 aliphatic carbocycles. The first-order valence-electron chi connectivity index (χ1n) is 5.82. The Kier molecular flexibility index (Phi) is 3.13. The minimum absolute atomic E-state index is 0.561. The molecule has 0 aliphatic heterocycles. The van der Waals surface area contributed by atoms with Crippen molar-refractivity contribution in [2.45, 2.75) is 20.3 Å². The van der Waals surface area contributed by atoms with Gasteiger partial charge in [-0.25, -0.2) is 9.67 Å². The Morgan fingerprint density at radius 3 is 2.76 bits per heavy atom. The Balaban J connectivity index is 2.36. The van der Waals surface area contributed by atoms with Crippen molar-refractivity contribution in [3.8, 4) is 11.4 Å². The van der Waals surface area contributed by atoms with Gasteiger partial charge in [-0.2, -0.15) is 5.10 Å². The van der Waals surface area contributed by atoms with Gasteiger partial charge in [0.25, 0.3) is 0 Å². The highest BCUT2D eigenvalue weighted by atomic mass is 15.3. The third-order valence-electron chi connectivity index (χ3n) is 2.54. The number of benzene rings is 1. The number of aromatic nitrogens is 3. The van der Waals surface area contributed by atoms with Gasteiger partial charge in [0.2, 0.25) is 0 Å². The summed E-state index contributed by atoms with van der Waals surface area (Å²) in [6.45, 7) is 4.33. The molecule has 0 saturated heterocycles. The molecule has 0 amide bonds. The molecule has 0 fully saturated rings. The maximum absolute atomic E-state index is 5.78. The predicted octanol–water partition coefficient (Wildman–Crippen LogP) is 2.26. The van der Waals surface area contributed by atoms with Crippen molar-refractivity contribution in [1.29, 1.82) is 0 Å². The molecule has 0 radical (unpaired) electrons. The van der Waals surface area contributed by atoms with Gasteiger partial charge in [-0.05, 0) is 18.1 Å². The van der Waals surface area contributed by atoms with Gasteiger partial charge in [-0.15, -0.1) is 0 Å². The van der Waals surface area contributed by atoms with Gasteiger partial charge in [0, 0.05) is 24.7 Å². The lowest BCUT2D eigenvalue weighted by Crippen LogP contribution is -1.97. The smallest absolute Gasteiger partial charge is 0.158 e. The van der Waals surface area contributed by atoms with Crippen molar-refractivity contribution in [3.05, 3.63) is 30.1 Å². The highest BCUT2D eigenvalue weighted by molar-refractivity contribution is 5.61. The van der Waals surface area contributed by atoms with Crippen molar-refractivity contribution in [1.82, 2.24) is 14.8 Å². The number of nitrogens with zero attached hydrogens (tertiary/aromatic N) is 3. The van der Waals surface area contributed by atoms with E-state index in [1.54, 1.807) is 0 Å². The van der Waals surface area contributed by atoms with E-state index in [1.807, 2.05) is 36.0 Å². The van der Waals surface area contributed by atoms with Crippen LogP contribution in [-0.2, 0) is 13.5 Å².